The highest BCUT2D eigenvalue weighted by atomic mass is 16.5. The van der Waals surface area contributed by atoms with Gasteiger partial charge in [0.05, 0.1) is 0 Å². The Labute approximate surface area is 127 Å². The van der Waals surface area contributed by atoms with E-state index in [0.29, 0.717) is 0 Å². The highest BCUT2D eigenvalue weighted by Gasteiger charge is 2.26. The third-order valence-electron chi connectivity index (χ3n) is 3.92. The van der Waals surface area contributed by atoms with Crippen molar-refractivity contribution in [3.63, 3.8) is 0 Å². The van der Waals surface area contributed by atoms with E-state index in [9.17, 15) is 4.79 Å². The number of ether oxygens (including phenoxy) is 1. The number of carbonyl (C=O) groups excluding carboxylic acids is 1. The lowest BCUT2D eigenvalue weighted by molar-refractivity contribution is -0.136. The molecule has 116 valence electrons. The van der Waals surface area contributed by atoms with Crippen LogP contribution in [0.1, 0.15) is 26.7 Å². The van der Waals surface area contributed by atoms with Gasteiger partial charge in [-0.25, -0.2) is 0 Å². The summed E-state index contributed by atoms with van der Waals surface area (Å²) in [5, 5.41) is 3.24. The van der Waals surface area contributed by atoms with Gasteiger partial charge in [0.25, 0.3) is 0 Å². The molecule has 1 atom stereocenters. The summed E-state index contributed by atoms with van der Waals surface area (Å²) in [5.41, 5.74) is 0. The molecule has 0 saturated carbocycles. The van der Waals surface area contributed by atoms with Gasteiger partial charge in [-0.3, -0.25) is 4.79 Å². The van der Waals surface area contributed by atoms with Crippen LogP contribution in [0.25, 0.3) is 0 Å². The Bertz CT molecular complexity index is 428. The molecule has 4 nitrogen and oxygen atoms in total. The monoisotopic (exact) mass is 290 g/mol. The smallest absolute Gasteiger partial charge is 0.226 e. The number of hydrogen-bond donors (Lipinski definition) is 1. The first-order valence-corrected chi connectivity index (χ1v) is 7.92. The van der Waals surface area contributed by atoms with E-state index in [1.165, 1.54) is 0 Å². The molecule has 2 rings (SSSR count). The van der Waals surface area contributed by atoms with Gasteiger partial charge in [-0.1, -0.05) is 32.0 Å². The van der Waals surface area contributed by atoms with Crippen LogP contribution in [0.2, 0.25) is 0 Å². The van der Waals surface area contributed by atoms with E-state index >= 15 is 0 Å². The van der Waals surface area contributed by atoms with Gasteiger partial charge in [0.2, 0.25) is 5.91 Å². The van der Waals surface area contributed by atoms with Crippen molar-refractivity contribution in [1.82, 2.24) is 10.2 Å². The standard InChI is InChI=1S/C17H26N2O2/c1-3-18-13-14(2)17(20)19-11-9-16(10-12-19)21-15-7-5-4-6-8-15/h4-8,14,16,18H,3,9-13H2,1-2H3. The lowest BCUT2D eigenvalue weighted by atomic mass is 10.0. The van der Waals surface area contributed by atoms with Crippen LogP contribution in [0.4, 0.5) is 0 Å². The molecule has 0 aliphatic carbocycles. The molecule has 0 bridgehead atoms. The molecule has 1 unspecified atom stereocenters. The maximum Gasteiger partial charge on any atom is 0.226 e. The molecule has 4 heteroatoms. The third kappa shape index (κ3) is 4.74. The minimum absolute atomic E-state index is 0.0524. The van der Waals surface area contributed by atoms with E-state index in [4.69, 9.17) is 4.74 Å². The second-order valence-corrected chi connectivity index (χ2v) is 5.66. The second-order valence-electron chi connectivity index (χ2n) is 5.66. The van der Waals surface area contributed by atoms with Crippen LogP contribution in [0, 0.1) is 5.92 Å². The second kappa shape index (κ2) is 8.03. The molecule has 1 heterocycles. The molecule has 1 N–H and O–H groups in total. The molecule has 0 spiro atoms. The first kappa shape index (κ1) is 15.8. The van der Waals surface area contributed by atoms with Gasteiger partial charge >= 0.3 is 0 Å². The van der Waals surface area contributed by atoms with Crippen molar-refractivity contribution >= 4 is 5.91 Å². The Morgan fingerprint density at radius 3 is 2.62 bits per heavy atom. The van der Waals surface area contributed by atoms with Crippen molar-refractivity contribution in [3.8, 4) is 5.75 Å². The summed E-state index contributed by atoms with van der Waals surface area (Å²) in [6, 6.07) is 9.92. The number of piperidine rings is 1. The summed E-state index contributed by atoms with van der Waals surface area (Å²) in [4.78, 5) is 14.3. The zero-order valence-electron chi connectivity index (χ0n) is 13.0. The summed E-state index contributed by atoms with van der Waals surface area (Å²) in [6.07, 6.45) is 2.05. The van der Waals surface area contributed by atoms with Crippen LogP contribution in [0.3, 0.4) is 0 Å². The number of hydrogen-bond acceptors (Lipinski definition) is 3. The number of carbonyl (C=O) groups is 1. The Morgan fingerprint density at radius 2 is 2.00 bits per heavy atom. The van der Waals surface area contributed by atoms with Crippen molar-refractivity contribution in [2.45, 2.75) is 32.8 Å². The molecule has 0 radical (unpaired) electrons. The molecule has 1 aliphatic heterocycles. The van der Waals surface area contributed by atoms with Crippen LogP contribution in [0.5, 0.6) is 5.75 Å². The van der Waals surface area contributed by atoms with E-state index in [0.717, 1.165) is 44.8 Å². The van der Waals surface area contributed by atoms with Gasteiger partial charge in [0.15, 0.2) is 0 Å². The zero-order chi connectivity index (χ0) is 15.1. The van der Waals surface area contributed by atoms with Crippen molar-refractivity contribution in [3.05, 3.63) is 30.3 Å². The SMILES string of the molecule is CCNCC(C)C(=O)N1CCC(Oc2ccccc2)CC1. The number of nitrogens with zero attached hydrogens (tertiary/aromatic N) is 1. The highest BCUT2D eigenvalue weighted by molar-refractivity contribution is 5.78. The fourth-order valence-corrected chi connectivity index (χ4v) is 2.65. The lowest BCUT2D eigenvalue weighted by Crippen LogP contribution is -2.45. The number of rotatable bonds is 6. The Kier molecular flexibility index (Phi) is 6.05. The van der Waals surface area contributed by atoms with Crippen molar-refractivity contribution in [1.29, 1.82) is 0 Å². The summed E-state index contributed by atoms with van der Waals surface area (Å²) >= 11 is 0. The molecule has 1 aromatic rings. The molecule has 1 saturated heterocycles. The number of benzene rings is 1. The predicted molar refractivity (Wildman–Crippen MR) is 84.4 cm³/mol. The van der Waals surface area contributed by atoms with Gasteiger partial charge in [0.1, 0.15) is 11.9 Å². The van der Waals surface area contributed by atoms with Crippen molar-refractivity contribution < 1.29 is 9.53 Å². The summed E-state index contributed by atoms with van der Waals surface area (Å²) in [7, 11) is 0. The van der Waals surface area contributed by atoms with Gasteiger partial charge in [-0.05, 0) is 18.7 Å². The van der Waals surface area contributed by atoms with Crippen LogP contribution >= 0.6 is 0 Å². The predicted octanol–water partition coefficient (Wildman–Crippen LogP) is 2.30. The number of nitrogens with one attached hydrogen (secondary N) is 1. The first-order chi connectivity index (χ1) is 10.2. The van der Waals surface area contributed by atoms with Gasteiger partial charge < -0.3 is 15.0 Å². The summed E-state index contributed by atoms with van der Waals surface area (Å²) in [6.45, 7) is 7.32. The van der Waals surface area contributed by atoms with Crippen LogP contribution in [-0.2, 0) is 4.79 Å². The average Bonchev–Trinajstić information content (AvgIpc) is 2.53. The highest BCUT2D eigenvalue weighted by Crippen LogP contribution is 2.19. The lowest BCUT2D eigenvalue weighted by Gasteiger charge is -2.33. The van der Waals surface area contributed by atoms with Crippen LogP contribution < -0.4 is 10.1 Å². The third-order valence-corrected chi connectivity index (χ3v) is 3.92. The maximum atomic E-state index is 12.3. The van der Waals surface area contributed by atoms with Gasteiger partial charge in [0, 0.05) is 38.4 Å². The fourth-order valence-electron chi connectivity index (χ4n) is 2.65. The fraction of sp³-hybridized carbons (Fsp3) is 0.588. The van der Waals surface area contributed by atoms with E-state index in [1.54, 1.807) is 0 Å². The Balaban J connectivity index is 1.76. The van der Waals surface area contributed by atoms with E-state index < -0.39 is 0 Å². The molecule has 0 aromatic heterocycles. The Hall–Kier alpha value is -1.55. The van der Waals surface area contributed by atoms with E-state index in [-0.39, 0.29) is 17.9 Å². The minimum atomic E-state index is 0.0524. The zero-order valence-corrected chi connectivity index (χ0v) is 13.0. The van der Waals surface area contributed by atoms with Gasteiger partial charge in [-0.15, -0.1) is 0 Å². The quantitative estimate of drug-likeness (QED) is 0.874. The number of para-hydroxylation sites is 1. The molecule has 1 fully saturated rings. The minimum Gasteiger partial charge on any atom is -0.490 e. The molecule has 21 heavy (non-hydrogen) atoms. The van der Waals surface area contributed by atoms with Gasteiger partial charge in [-0.2, -0.15) is 0 Å². The molecular weight excluding hydrogens is 264 g/mol. The van der Waals surface area contributed by atoms with Crippen LogP contribution in [0.15, 0.2) is 30.3 Å². The molecule has 1 aliphatic rings. The molecular formula is C17H26N2O2. The summed E-state index contributed by atoms with van der Waals surface area (Å²) in [5.74, 6) is 1.23. The number of likely N-dealkylation sites (tertiary alicyclic amines) is 1. The number of amides is 1. The van der Waals surface area contributed by atoms with E-state index in [1.807, 2.05) is 42.2 Å². The normalized spacial score (nSPS) is 17.5. The Morgan fingerprint density at radius 1 is 1.33 bits per heavy atom. The van der Waals surface area contributed by atoms with Crippen molar-refractivity contribution in [2.24, 2.45) is 5.92 Å². The first-order valence-electron chi connectivity index (χ1n) is 7.92. The molecule has 1 amide bonds. The maximum absolute atomic E-state index is 12.3. The van der Waals surface area contributed by atoms with E-state index in [2.05, 4.69) is 12.2 Å². The summed E-state index contributed by atoms with van der Waals surface area (Å²) < 4.78 is 5.96. The average molecular weight is 290 g/mol. The van der Waals surface area contributed by atoms with Crippen molar-refractivity contribution in [2.75, 3.05) is 26.2 Å². The topological polar surface area (TPSA) is 41.6 Å². The molecule has 1 aromatic carbocycles. The largest absolute Gasteiger partial charge is 0.490 e. The van der Waals surface area contributed by atoms with Crippen LogP contribution in [-0.4, -0.2) is 43.1 Å².